The van der Waals surface area contributed by atoms with E-state index in [0.29, 0.717) is 48.5 Å². The van der Waals surface area contributed by atoms with Crippen molar-refractivity contribution in [2.24, 2.45) is 11.8 Å². The SMILES string of the molecule is CCOc1ccc(N(C)S(=O)(=O)c2ccc(C)c(C(=O)OCC(=O)N3CC(C)CC(C)C3)c2)cc1. The first-order valence-corrected chi connectivity index (χ1v) is 13.2. The highest BCUT2D eigenvalue weighted by Crippen LogP contribution is 2.26. The second-order valence-electron chi connectivity index (χ2n) is 9.20. The zero-order chi connectivity index (χ0) is 25.8. The Hall–Kier alpha value is -3.07. The third kappa shape index (κ3) is 6.33. The number of piperidine rings is 1. The molecule has 1 saturated heterocycles. The molecule has 3 rings (SSSR count). The number of amides is 1. The fourth-order valence-electron chi connectivity index (χ4n) is 4.36. The van der Waals surface area contributed by atoms with E-state index >= 15 is 0 Å². The summed E-state index contributed by atoms with van der Waals surface area (Å²) in [6.45, 7) is 9.19. The number of rotatable bonds is 8. The molecular weight excluding hydrogens is 468 g/mol. The summed E-state index contributed by atoms with van der Waals surface area (Å²) in [7, 11) is -2.49. The molecule has 0 bridgehead atoms. The molecule has 1 aliphatic heterocycles. The molecule has 190 valence electrons. The average molecular weight is 503 g/mol. The van der Waals surface area contributed by atoms with Gasteiger partial charge in [-0.25, -0.2) is 13.2 Å². The maximum atomic E-state index is 13.2. The minimum atomic E-state index is -3.94. The molecule has 0 radical (unpaired) electrons. The number of aryl methyl sites for hydroxylation is 1. The molecule has 9 heteroatoms. The van der Waals surface area contributed by atoms with Gasteiger partial charge in [-0.2, -0.15) is 0 Å². The molecule has 0 spiro atoms. The Labute approximate surface area is 207 Å². The van der Waals surface area contributed by atoms with Crippen molar-refractivity contribution in [3.05, 3.63) is 53.6 Å². The molecule has 1 heterocycles. The topological polar surface area (TPSA) is 93.2 Å². The van der Waals surface area contributed by atoms with Crippen molar-refractivity contribution in [3.63, 3.8) is 0 Å². The van der Waals surface area contributed by atoms with Gasteiger partial charge >= 0.3 is 5.97 Å². The van der Waals surface area contributed by atoms with E-state index in [1.54, 1.807) is 42.2 Å². The average Bonchev–Trinajstić information content (AvgIpc) is 2.82. The summed E-state index contributed by atoms with van der Waals surface area (Å²) >= 11 is 0. The van der Waals surface area contributed by atoms with Crippen molar-refractivity contribution in [2.45, 2.75) is 39.0 Å². The van der Waals surface area contributed by atoms with Gasteiger partial charge in [0.05, 0.1) is 22.8 Å². The maximum Gasteiger partial charge on any atom is 0.338 e. The highest BCUT2D eigenvalue weighted by atomic mass is 32.2. The molecule has 2 aromatic carbocycles. The predicted molar refractivity (Wildman–Crippen MR) is 134 cm³/mol. The van der Waals surface area contributed by atoms with Gasteiger partial charge < -0.3 is 14.4 Å². The lowest BCUT2D eigenvalue weighted by atomic mass is 9.92. The van der Waals surface area contributed by atoms with Crippen LogP contribution in [-0.4, -0.2) is 58.5 Å². The first-order chi connectivity index (χ1) is 16.5. The van der Waals surface area contributed by atoms with Gasteiger partial charge in [-0.05, 0) is 74.1 Å². The number of carbonyl (C=O) groups is 2. The molecule has 2 unspecified atom stereocenters. The van der Waals surface area contributed by atoms with E-state index in [-0.39, 0.29) is 23.0 Å². The molecule has 0 aromatic heterocycles. The van der Waals surface area contributed by atoms with Crippen LogP contribution in [0.15, 0.2) is 47.4 Å². The molecule has 1 fully saturated rings. The number of hydrogen-bond donors (Lipinski definition) is 0. The fourth-order valence-corrected chi connectivity index (χ4v) is 5.58. The molecule has 0 aliphatic carbocycles. The van der Waals surface area contributed by atoms with Gasteiger partial charge in [0.1, 0.15) is 5.75 Å². The third-order valence-electron chi connectivity index (χ3n) is 6.15. The van der Waals surface area contributed by atoms with Crippen molar-refractivity contribution in [2.75, 3.05) is 37.7 Å². The number of sulfonamides is 1. The Morgan fingerprint density at radius 3 is 2.29 bits per heavy atom. The molecule has 1 amide bonds. The van der Waals surface area contributed by atoms with Gasteiger partial charge in [0.25, 0.3) is 15.9 Å². The summed E-state index contributed by atoms with van der Waals surface area (Å²) in [4.78, 5) is 27.1. The zero-order valence-electron chi connectivity index (χ0n) is 21.0. The summed E-state index contributed by atoms with van der Waals surface area (Å²) < 4.78 is 38.3. The van der Waals surface area contributed by atoms with Gasteiger partial charge in [-0.15, -0.1) is 0 Å². The second-order valence-corrected chi connectivity index (χ2v) is 11.2. The van der Waals surface area contributed by atoms with Crippen LogP contribution in [0.5, 0.6) is 5.75 Å². The van der Waals surface area contributed by atoms with E-state index in [1.807, 2.05) is 6.92 Å². The molecule has 2 atom stereocenters. The monoisotopic (exact) mass is 502 g/mol. The normalized spacial score (nSPS) is 18.1. The van der Waals surface area contributed by atoms with Crippen LogP contribution < -0.4 is 9.04 Å². The van der Waals surface area contributed by atoms with Crippen LogP contribution in [0.1, 0.15) is 43.1 Å². The highest BCUT2D eigenvalue weighted by molar-refractivity contribution is 7.92. The summed E-state index contributed by atoms with van der Waals surface area (Å²) in [5, 5.41) is 0. The van der Waals surface area contributed by atoms with Crippen LogP contribution in [0.3, 0.4) is 0 Å². The van der Waals surface area contributed by atoms with Crippen molar-refractivity contribution in [1.29, 1.82) is 0 Å². The third-order valence-corrected chi connectivity index (χ3v) is 7.93. The van der Waals surface area contributed by atoms with Crippen LogP contribution in [0.25, 0.3) is 0 Å². The maximum absolute atomic E-state index is 13.2. The molecule has 35 heavy (non-hydrogen) atoms. The van der Waals surface area contributed by atoms with E-state index in [2.05, 4.69) is 13.8 Å². The number of carbonyl (C=O) groups excluding carboxylic acids is 2. The van der Waals surface area contributed by atoms with Gasteiger partial charge in [0, 0.05) is 20.1 Å². The zero-order valence-corrected chi connectivity index (χ0v) is 21.8. The minimum absolute atomic E-state index is 0.0450. The van der Waals surface area contributed by atoms with Crippen molar-refractivity contribution in [1.82, 2.24) is 4.90 Å². The number of nitrogens with zero attached hydrogens (tertiary/aromatic N) is 2. The summed E-state index contributed by atoms with van der Waals surface area (Å²) in [6, 6.07) is 11.0. The standard InChI is InChI=1S/C26H34N2O6S/c1-6-33-22-10-8-21(9-11-22)27(5)35(31,32)23-12-7-20(4)24(14-23)26(30)34-17-25(29)28-15-18(2)13-19(3)16-28/h7-12,14,18-19H,6,13,15-17H2,1-5H3. The van der Waals surface area contributed by atoms with E-state index < -0.39 is 16.0 Å². The van der Waals surface area contributed by atoms with Crippen LogP contribution in [0.4, 0.5) is 5.69 Å². The number of esters is 1. The molecule has 1 aliphatic rings. The number of likely N-dealkylation sites (tertiary alicyclic amines) is 1. The van der Waals surface area contributed by atoms with Gasteiger partial charge in [-0.1, -0.05) is 19.9 Å². The minimum Gasteiger partial charge on any atom is -0.494 e. The highest BCUT2D eigenvalue weighted by Gasteiger charge is 2.27. The Balaban J connectivity index is 1.73. The molecule has 0 saturated carbocycles. The molecule has 0 N–H and O–H groups in total. The van der Waals surface area contributed by atoms with Gasteiger partial charge in [0.2, 0.25) is 0 Å². The molecular formula is C26H34N2O6S. The predicted octanol–water partition coefficient (Wildman–Crippen LogP) is 3.88. The van der Waals surface area contributed by atoms with E-state index in [1.165, 1.54) is 19.2 Å². The number of hydrogen-bond acceptors (Lipinski definition) is 6. The van der Waals surface area contributed by atoms with E-state index in [4.69, 9.17) is 9.47 Å². The Morgan fingerprint density at radius 1 is 1.06 bits per heavy atom. The van der Waals surface area contributed by atoms with Crippen molar-refractivity contribution >= 4 is 27.6 Å². The van der Waals surface area contributed by atoms with Crippen LogP contribution in [-0.2, 0) is 19.6 Å². The van der Waals surface area contributed by atoms with Crippen molar-refractivity contribution in [3.8, 4) is 5.75 Å². The van der Waals surface area contributed by atoms with Gasteiger partial charge in [0.15, 0.2) is 6.61 Å². The Morgan fingerprint density at radius 2 is 1.69 bits per heavy atom. The van der Waals surface area contributed by atoms with Crippen LogP contribution in [0.2, 0.25) is 0 Å². The quantitative estimate of drug-likeness (QED) is 0.509. The van der Waals surface area contributed by atoms with Crippen molar-refractivity contribution < 1.29 is 27.5 Å². The molecule has 8 nitrogen and oxygen atoms in total. The first-order valence-electron chi connectivity index (χ1n) is 11.8. The smallest absolute Gasteiger partial charge is 0.338 e. The van der Waals surface area contributed by atoms with Gasteiger partial charge in [-0.3, -0.25) is 9.10 Å². The largest absolute Gasteiger partial charge is 0.494 e. The lowest BCUT2D eigenvalue weighted by Gasteiger charge is -2.34. The fraction of sp³-hybridized carbons (Fsp3) is 0.462. The lowest BCUT2D eigenvalue weighted by molar-refractivity contribution is -0.137. The van der Waals surface area contributed by atoms with E-state index in [0.717, 1.165) is 10.7 Å². The number of ether oxygens (including phenoxy) is 2. The number of benzene rings is 2. The second kappa shape index (κ2) is 11.1. The summed E-state index contributed by atoms with van der Waals surface area (Å²) in [6.07, 6.45) is 1.06. The lowest BCUT2D eigenvalue weighted by Crippen LogP contribution is -2.44. The molecule has 2 aromatic rings. The van der Waals surface area contributed by atoms with Crippen LogP contribution in [0, 0.1) is 18.8 Å². The van der Waals surface area contributed by atoms with E-state index in [9.17, 15) is 18.0 Å². The number of anilines is 1. The Kier molecular flexibility index (Phi) is 8.43. The first kappa shape index (κ1) is 26.5. The van der Waals surface area contributed by atoms with Crippen LogP contribution >= 0.6 is 0 Å². The summed E-state index contributed by atoms with van der Waals surface area (Å²) in [5.41, 5.74) is 1.12. The summed E-state index contributed by atoms with van der Waals surface area (Å²) in [5.74, 6) is 0.471. The Bertz CT molecular complexity index is 1150.